The van der Waals surface area contributed by atoms with Gasteiger partial charge in [-0.1, -0.05) is 107 Å². The van der Waals surface area contributed by atoms with Gasteiger partial charge in [0, 0.05) is 22.7 Å². The quantitative estimate of drug-likeness (QED) is 0.288. The van der Waals surface area contributed by atoms with Gasteiger partial charge in [-0.2, -0.15) is 0 Å². The lowest BCUT2D eigenvalue weighted by molar-refractivity contribution is 0.559. The molecule has 6 aliphatic carbocycles. The molecule has 0 amide bonds. The van der Waals surface area contributed by atoms with Gasteiger partial charge in [-0.15, -0.1) is 0 Å². The first kappa shape index (κ1) is 22.0. The van der Waals surface area contributed by atoms with Gasteiger partial charge in [-0.25, -0.2) is 0 Å². The molecule has 0 heterocycles. The van der Waals surface area contributed by atoms with Gasteiger partial charge in [0.05, 0.1) is 0 Å². The Morgan fingerprint density at radius 2 is 1.36 bits per heavy atom. The summed E-state index contributed by atoms with van der Waals surface area (Å²) in [6.45, 7) is 12.0. The molecule has 0 saturated carbocycles. The van der Waals surface area contributed by atoms with E-state index in [0.29, 0.717) is 11.8 Å². The van der Waals surface area contributed by atoms with Crippen molar-refractivity contribution in [3.63, 3.8) is 0 Å². The summed E-state index contributed by atoms with van der Waals surface area (Å²) >= 11 is 0. The van der Waals surface area contributed by atoms with Gasteiger partial charge in [-0.3, -0.25) is 0 Å². The van der Waals surface area contributed by atoms with Crippen molar-refractivity contribution in [1.82, 2.24) is 0 Å². The Kier molecular flexibility index (Phi) is 3.83. The van der Waals surface area contributed by atoms with Crippen LogP contribution in [0.3, 0.4) is 0 Å². The van der Waals surface area contributed by atoms with Crippen LogP contribution < -0.4 is 0 Å². The van der Waals surface area contributed by atoms with Crippen LogP contribution in [0.25, 0.3) is 27.5 Å². The molecule has 39 heavy (non-hydrogen) atoms. The molecule has 0 aromatic heterocycles. The molecule has 0 N–H and O–H groups in total. The van der Waals surface area contributed by atoms with E-state index in [-0.39, 0.29) is 10.8 Å². The largest absolute Gasteiger partial charge is 0.0617 e. The Balaban J connectivity index is 1.36. The van der Waals surface area contributed by atoms with E-state index in [1.54, 1.807) is 0 Å². The van der Waals surface area contributed by atoms with Gasteiger partial charge >= 0.3 is 0 Å². The summed E-state index contributed by atoms with van der Waals surface area (Å²) in [6.07, 6.45) is 19.0. The number of rotatable bonds is 0. The SMILES string of the molecule is Cc1cc2c(c3ccccc13)-c1cc3c(cc1C2(C)C)C1=C2C=CC4=CC=CC5=CC=C(C=C1C3(C)C)C2C45. The van der Waals surface area contributed by atoms with E-state index in [4.69, 9.17) is 0 Å². The Bertz CT molecular complexity index is 1950. The Labute approximate surface area is 231 Å². The molecule has 188 valence electrons. The zero-order valence-electron chi connectivity index (χ0n) is 23.3. The highest BCUT2D eigenvalue weighted by Gasteiger charge is 2.48. The minimum atomic E-state index is -0.0493. The second kappa shape index (κ2) is 6.80. The summed E-state index contributed by atoms with van der Waals surface area (Å²) in [5.41, 5.74) is 18.9. The van der Waals surface area contributed by atoms with Crippen LogP contribution in [0.15, 0.2) is 119 Å². The maximum absolute atomic E-state index is 2.59. The van der Waals surface area contributed by atoms with Gasteiger partial charge in [0.1, 0.15) is 0 Å². The highest BCUT2D eigenvalue weighted by Crippen LogP contribution is 2.62. The third-order valence-electron chi connectivity index (χ3n) is 10.8. The Morgan fingerprint density at radius 1 is 0.641 bits per heavy atom. The molecule has 3 aromatic rings. The van der Waals surface area contributed by atoms with Crippen molar-refractivity contribution in [2.24, 2.45) is 11.8 Å². The fourth-order valence-corrected chi connectivity index (χ4v) is 8.75. The highest BCUT2D eigenvalue weighted by molar-refractivity contribution is 6.05. The average molecular weight is 501 g/mol. The van der Waals surface area contributed by atoms with Crippen molar-refractivity contribution in [2.45, 2.75) is 45.4 Å². The van der Waals surface area contributed by atoms with Gasteiger partial charge in [0.2, 0.25) is 0 Å². The van der Waals surface area contributed by atoms with E-state index in [2.05, 4.69) is 126 Å². The Morgan fingerprint density at radius 3 is 2.21 bits per heavy atom. The monoisotopic (exact) mass is 500 g/mol. The van der Waals surface area contributed by atoms with Crippen molar-refractivity contribution >= 4 is 16.3 Å². The van der Waals surface area contributed by atoms with Crippen molar-refractivity contribution in [2.75, 3.05) is 0 Å². The number of aryl methyl sites for hydroxylation is 1. The molecule has 2 atom stereocenters. The smallest absolute Gasteiger partial charge is 0.0205 e. The summed E-state index contributed by atoms with van der Waals surface area (Å²) < 4.78 is 0. The molecule has 0 spiro atoms. The first-order chi connectivity index (χ1) is 18.8. The minimum absolute atomic E-state index is 0.0384. The molecule has 0 nitrogen and oxygen atoms in total. The van der Waals surface area contributed by atoms with E-state index in [1.807, 2.05) is 0 Å². The van der Waals surface area contributed by atoms with E-state index >= 15 is 0 Å². The van der Waals surface area contributed by atoms with E-state index in [1.165, 1.54) is 83.2 Å². The first-order valence-electron chi connectivity index (χ1n) is 14.4. The molecule has 0 radical (unpaired) electrons. The van der Waals surface area contributed by atoms with Crippen LogP contribution in [0.5, 0.6) is 0 Å². The van der Waals surface area contributed by atoms with Gasteiger partial charge in [0.15, 0.2) is 0 Å². The van der Waals surface area contributed by atoms with Gasteiger partial charge < -0.3 is 0 Å². The standard InChI is InChI=1S/C39H32/c1-21-17-32-36(26-12-7-6-11-25(21)26)28-19-31-29(20-30(28)38(32,2)3)37-27-16-15-23-10-8-9-22-13-14-24(35(27)34(22)23)18-33(37)39(31,4)5/h6-20,34-35H,1-5H3. The van der Waals surface area contributed by atoms with Crippen molar-refractivity contribution in [1.29, 1.82) is 0 Å². The summed E-state index contributed by atoms with van der Waals surface area (Å²) in [7, 11) is 0. The van der Waals surface area contributed by atoms with Crippen LogP contribution in [0.2, 0.25) is 0 Å². The molecule has 9 rings (SSSR count). The molecular formula is C39H32. The second-order valence-corrected chi connectivity index (χ2v) is 13.4. The van der Waals surface area contributed by atoms with Crippen LogP contribution in [0, 0.1) is 18.8 Å². The number of hydrogen-bond donors (Lipinski definition) is 0. The summed E-state index contributed by atoms with van der Waals surface area (Å²) in [4.78, 5) is 0. The third kappa shape index (κ3) is 2.48. The second-order valence-electron chi connectivity index (χ2n) is 13.4. The molecule has 2 unspecified atom stereocenters. The lowest BCUT2D eigenvalue weighted by Crippen LogP contribution is -2.30. The van der Waals surface area contributed by atoms with Gasteiger partial charge in [0.25, 0.3) is 0 Å². The van der Waals surface area contributed by atoms with Crippen LogP contribution >= 0.6 is 0 Å². The average Bonchev–Trinajstić information content (AvgIpc) is 3.30. The number of benzene rings is 3. The molecule has 0 saturated heterocycles. The fourth-order valence-electron chi connectivity index (χ4n) is 8.75. The zero-order valence-corrected chi connectivity index (χ0v) is 23.3. The lowest BCUT2D eigenvalue weighted by atomic mass is 9.61. The fraction of sp³-hybridized carbons (Fsp3) is 0.231. The zero-order chi connectivity index (χ0) is 26.4. The van der Waals surface area contributed by atoms with Crippen molar-refractivity contribution in [3.8, 4) is 11.1 Å². The van der Waals surface area contributed by atoms with Crippen LogP contribution in [-0.2, 0) is 10.8 Å². The maximum atomic E-state index is 2.59. The van der Waals surface area contributed by atoms with Crippen LogP contribution in [0.4, 0.5) is 0 Å². The summed E-state index contributed by atoms with van der Waals surface area (Å²) in [5.74, 6) is 0.855. The van der Waals surface area contributed by atoms with Crippen molar-refractivity contribution < 1.29 is 0 Å². The molecule has 6 aliphatic rings. The van der Waals surface area contributed by atoms with E-state index < -0.39 is 0 Å². The lowest BCUT2D eigenvalue weighted by Gasteiger charge is -2.42. The predicted octanol–water partition coefficient (Wildman–Crippen LogP) is 9.60. The molecule has 0 heteroatoms. The maximum Gasteiger partial charge on any atom is 0.0205 e. The first-order valence-corrected chi connectivity index (χ1v) is 14.4. The highest BCUT2D eigenvalue weighted by atomic mass is 14.5. The van der Waals surface area contributed by atoms with Crippen molar-refractivity contribution in [3.05, 3.63) is 147 Å². The topological polar surface area (TPSA) is 0 Å². The normalized spacial score (nSPS) is 25.3. The molecule has 0 fully saturated rings. The minimum Gasteiger partial charge on any atom is -0.0617 e. The summed E-state index contributed by atoms with van der Waals surface area (Å²) in [5, 5.41) is 2.77. The summed E-state index contributed by atoms with van der Waals surface area (Å²) in [6, 6.07) is 16.6. The Hall–Kier alpha value is -3.90. The molecule has 0 bridgehead atoms. The van der Waals surface area contributed by atoms with Crippen LogP contribution in [0.1, 0.15) is 55.5 Å². The third-order valence-corrected chi connectivity index (χ3v) is 10.8. The van der Waals surface area contributed by atoms with Crippen LogP contribution in [-0.4, -0.2) is 0 Å². The van der Waals surface area contributed by atoms with E-state index in [0.717, 1.165) is 0 Å². The number of allylic oxidation sites excluding steroid dienone is 14. The van der Waals surface area contributed by atoms with E-state index in [9.17, 15) is 0 Å². The molecular weight excluding hydrogens is 468 g/mol. The number of hydrogen-bond acceptors (Lipinski definition) is 0. The molecule has 3 aromatic carbocycles. The molecule has 0 aliphatic heterocycles. The van der Waals surface area contributed by atoms with Gasteiger partial charge in [-0.05, 0) is 102 Å². The number of fused-ring (bicyclic) bond motifs is 8. The predicted molar refractivity (Wildman–Crippen MR) is 164 cm³/mol.